The van der Waals surface area contributed by atoms with Crippen LogP contribution < -0.4 is 10.1 Å². The topological polar surface area (TPSA) is 73.9 Å². The number of nitrogens with one attached hydrogen (secondary N) is 1. The molecule has 0 saturated heterocycles. The maximum atomic E-state index is 11.8. The lowest BCUT2D eigenvalue weighted by atomic mass is 10.1. The standard InChI is InChI=1S/C20H31NO5/c1-5-11-25-18-8-6-17(7-9-18)13-21-19(22)14-26-20(23)16(4)24-12-10-15(2)3/h6-9,15-16H,5,10-14H2,1-4H3,(H,21,22). The van der Waals surface area contributed by atoms with Crippen LogP contribution in [0.4, 0.5) is 0 Å². The molecule has 6 heteroatoms. The molecule has 1 aromatic carbocycles. The molecule has 1 N–H and O–H groups in total. The van der Waals surface area contributed by atoms with E-state index in [1.54, 1.807) is 6.92 Å². The predicted molar refractivity (Wildman–Crippen MR) is 99.9 cm³/mol. The zero-order chi connectivity index (χ0) is 19.4. The van der Waals surface area contributed by atoms with Crippen LogP contribution in [0.5, 0.6) is 5.75 Å². The molecular formula is C20H31NO5. The summed E-state index contributed by atoms with van der Waals surface area (Å²) in [5.41, 5.74) is 0.943. The van der Waals surface area contributed by atoms with Crippen molar-refractivity contribution >= 4 is 11.9 Å². The van der Waals surface area contributed by atoms with Gasteiger partial charge in [-0.15, -0.1) is 0 Å². The summed E-state index contributed by atoms with van der Waals surface area (Å²) in [4.78, 5) is 23.6. The smallest absolute Gasteiger partial charge is 0.335 e. The van der Waals surface area contributed by atoms with E-state index in [1.807, 2.05) is 24.3 Å². The Morgan fingerprint density at radius 3 is 2.38 bits per heavy atom. The molecule has 0 radical (unpaired) electrons. The van der Waals surface area contributed by atoms with Gasteiger partial charge in [0.2, 0.25) is 0 Å². The Balaban J connectivity index is 2.24. The lowest BCUT2D eigenvalue weighted by Gasteiger charge is -2.13. The van der Waals surface area contributed by atoms with E-state index in [9.17, 15) is 9.59 Å². The molecule has 26 heavy (non-hydrogen) atoms. The number of amides is 1. The van der Waals surface area contributed by atoms with Gasteiger partial charge in [-0.25, -0.2) is 4.79 Å². The average molecular weight is 365 g/mol. The molecule has 0 aliphatic heterocycles. The van der Waals surface area contributed by atoms with Crippen LogP contribution in [-0.2, 0) is 25.6 Å². The Morgan fingerprint density at radius 2 is 1.77 bits per heavy atom. The first-order chi connectivity index (χ1) is 12.4. The Morgan fingerprint density at radius 1 is 1.08 bits per heavy atom. The summed E-state index contributed by atoms with van der Waals surface area (Å²) in [5, 5.41) is 2.72. The van der Waals surface area contributed by atoms with Crippen LogP contribution in [0.1, 0.15) is 46.1 Å². The maximum absolute atomic E-state index is 11.8. The van der Waals surface area contributed by atoms with E-state index in [1.165, 1.54) is 0 Å². The molecule has 0 fully saturated rings. The summed E-state index contributed by atoms with van der Waals surface area (Å²) in [6, 6.07) is 7.52. The number of hydrogen-bond donors (Lipinski definition) is 1. The van der Waals surface area contributed by atoms with Gasteiger partial charge >= 0.3 is 5.97 Å². The highest BCUT2D eigenvalue weighted by Crippen LogP contribution is 2.12. The predicted octanol–water partition coefficient (Wildman–Crippen LogP) is 3.09. The maximum Gasteiger partial charge on any atom is 0.335 e. The second-order valence-electron chi connectivity index (χ2n) is 6.57. The van der Waals surface area contributed by atoms with Crippen molar-refractivity contribution in [3.8, 4) is 5.75 Å². The van der Waals surface area contributed by atoms with Gasteiger partial charge in [0, 0.05) is 13.2 Å². The van der Waals surface area contributed by atoms with Gasteiger partial charge in [-0.1, -0.05) is 32.9 Å². The van der Waals surface area contributed by atoms with E-state index in [0.717, 1.165) is 24.2 Å². The molecule has 1 unspecified atom stereocenters. The fraction of sp³-hybridized carbons (Fsp3) is 0.600. The molecule has 146 valence electrons. The average Bonchev–Trinajstić information content (AvgIpc) is 2.63. The first-order valence-electron chi connectivity index (χ1n) is 9.19. The highest BCUT2D eigenvalue weighted by molar-refractivity contribution is 5.81. The molecule has 1 aromatic rings. The lowest BCUT2D eigenvalue weighted by molar-refractivity contribution is -0.159. The van der Waals surface area contributed by atoms with Crippen LogP contribution in [0.25, 0.3) is 0 Å². The van der Waals surface area contributed by atoms with Crippen molar-refractivity contribution in [2.45, 2.75) is 53.2 Å². The number of esters is 1. The highest BCUT2D eigenvalue weighted by atomic mass is 16.6. The second kappa shape index (κ2) is 12.3. The SMILES string of the molecule is CCCOc1ccc(CNC(=O)COC(=O)C(C)OCCC(C)C)cc1. The number of benzene rings is 1. The Labute approximate surface area is 156 Å². The van der Waals surface area contributed by atoms with Crippen molar-refractivity contribution < 1.29 is 23.8 Å². The molecule has 6 nitrogen and oxygen atoms in total. The van der Waals surface area contributed by atoms with E-state index in [0.29, 0.717) is 25.7 Å². The zero-order valence-electron chi connectivity index (χ0n) is 16.2. The largest absolute Gasteiger partial charge is 0.494 e. The third kappa shape index (κ3) is 9.42. The normalized spacial score (nSPS) is 11.9. The molecule has 0 bridgehead atoms. The molecule has 0 saturated carbocycles. The van der Waals surface area contributed by atoms with Crippen LogP contribution in [0.3, 0.4) is 0 Å². The molecule has 0 heterocycles. The summed E-state index contributed by atoms with van der Waals surface area (Å²) in [6.45, 7) is 9.08. The molecular weight excluding hydrogens is 334 g/mol. The van der Waals surface area contributed by atoms with Gasteiger partial charge < -0.3 is 19.5 Å². The van der Waals surface area contributed by atoms with Crippen molar-refractivity contribution in [2.75, 3.05) is 19.8 Å². The summed E-state index contributed by atoms with van der Waals surface area (Å²) in [5.74, 6) is 0.443. The highest BCUT2D eigenvalue weighted by Gasteiger charge is 2.16. The monoisotopic (exact) mass is 365 g/mol. The molecule has 0 spiro atoms. The van der Waals surface area contributed by atoms with Crippen molar-refractivity contribution in [1.29, 1.82) is 0 Å². The van der Waals surface area contributed by atoms with E-state index < -0.39 is 12.1 Å². The van der Waals surface area contributed by atoms with Gasteiger partial charge in [0.15, 0.2) is 12.7 Å². The minimum Gasteiger partial charge on any atom is -0.494 e. The van der Waals surface area contributed by atoms with Gasteiger partial charge in [0.05, 0.1) is 6.61 Å². The minimum absolute atomic E-state index is 0.311. The zero-order valence-corrected chi connectivity index (χ0v) is 16.2. The van der Waals surface area contributed by atoms with Gasteiger partial charge in [-0.3, -0.25) is 4.79 Å². The van der Waals surface area contributed by atoms with Crippen LogP contribution in [0.15, 0.2) is 24.3 Å². The number of ether oxygens (including phenoxy) is 3. The van der Waals surface area contributed by atoms with Gasteiger partial charge in [0.25, 0.3) is 5.91 Å². The fourth-order valence-electron chi connectivity index (χ4n) is 1.98. The van der Waals surface area contributed by atoms with Gasteiger partial charge in [-0.2, -0.15) is 0 Å². The molecule has 1 rings (SSSR count). The van der Waals surface area contributed by atoms with Crippen molar-refractivity contribution in [3.63, 3.8) is 0 Å². The third-order valence-corrected chi connectivity index (χ3v) is 3.63. The molecule has 0 aliphatic rings. The molecule has 0 aliphatic carbocycles. The van der Waals surface area contributed by atoms with Crippen LogP contribution in [-0.4, -0.2) is 37.8 Å². The summed E-state index contributed by atoms with van der Waals surface area (Å²) >= 11 is 0. The van der Waals surface area contributed by atoms with E-state index in [-0.39, 0.29) is 12.5 Å². The van der Waals surface area contributed by atoms with Crippen LogP contribution in [0.2, 0.25) is 0 Å². The van der Waals surface area contributed by atoms with E-state index >= 15 is 0 Å². The second-order valence-corrected chi connectivity index (χ2v) is 6.57. The minimum atomic E-state index is -0.669. The quantitative estimate of drug-likeness (QED) is 0.576. The number of carbonyl (C=O) groups is 2. The number of hydrogen-bond acceptors (Lipinski definition) is 5. The molecule has 1 atom stereocenters. The number of carbonyl (C=O) groups excluding carboxylic acids is 2. The van der Waals surface area contributed by atoms with Gasteiger partial charge in [0.1, 0.15) is 5.75 Å². The van der Waals surface area contributed by atoms with E-state index in [4.69, 9.17) is 14.2 Å². The number of rotatable bonds is 12. The third-order valence-electron chi connectivity index (χ3n) is 3.63. The first kappa shape index (κ1) is 22.0. The molecule has 1 amide bonds. The fourth-order valence-corrected chi connectivity index (χ4v) is 1.98. The lowest BCUT2D eigenvalue weighted by Crippen LogP contribution is -2.31. The van der Waals surface area contributed by atoms with Crippen molar-refractivity contribution in [2.24, 2.45) is 5.92 Å². The van der Waals surface area contributed by atoms with Crippen molar-refractivity contribution in [1.82, 2.24) is 5.32 Å². The van der Waals surface area contributed by atoms with Crippen LogP contribution >= 0.6 is 0 Å². The first-order valence-corrected chi connectivity index (χ1v) is 9.19. The Hall–Kier alpha value is -2.08. The summed E-state index contributed by atoms with van der Waals surface area (Å²) in [6.07, 6.45) is 1.16. The molecule has 0 aromatic heterocycles. The van der Waals surface area contributed by atoms with Gasteiger partial charge in [-0.05, 0) is 43.4 Å². The van der Waals surface area contributed by atoms with Crippen molar-refractivity contribution in [3.05, 3.63) is 29.8 Å². The van der Waals surface area contributed by atoms with E-state index in [2.05, 4.69) is 26.1 Å². The summed E-state index contributed by atoms with van der Waals surface area (Å²) in [7, 11) is 0. The Kier molecular flexibility index (Phi) is 10.4. The van der Waals surface area contributed by atoms with Crippen LogP contribution in [0, 0.1) is 5.92 Å². The Bertz CT molecular complexity index is 542. The summed E-state index contributed by atoms with van der Waals surface area (Å²) < 4.78 is 15.9.